The molecule has 0 amide bonds. The van der Waals surface area contributed by atoms with Gasteiger partial charge in [0.2, 0.25) is 0 Å². The van der Waals surface area contributed by atoms with E-state index in [4.69, 9.17) is 0 Å². The number of H-pyrrole nitrogens is 1. The minimum Gasteiger partial charge on any atom is -0.338 e. The normalized spacial score (nSPS) is 10.8. The van der Waals surface area contributed by atoms with Crippen LogP contribution in [-0.4, -0.2) is 29.9 Å². The molecule has 0 saturated heterocycles. The Morgan fingerprint density at radius 3 is 2.52 bits per heavy atom. The fraction of sp³-hybridized carbons (Fsp3) is 0.0625. The standard InChI is InChI=1S/C16H13N7/c1-10-21-13-15(22-10)19-9-20-16(13)23-12-7-17-14(18-8-12)11-5-3-2-4-6-11/h2-9H,1H3,(H2,19,20,21,22,23). The number of aryl methyl sites for hydroxylation is 1. The number of benzene rings is 1. The molecule has 0 bridgehead atoms. The molecule has 4 aromatic rings. The van der Waals surface area contributed by atoms with Crippen LogP contribution in [0.25, 0.3) is 22.6 Å². The first-order valence-electron chi connectivity index (χ1n) is 7.11. The molecule has 0 fully saturated rings. The summed E-state index contributed by atoms with van der Waals surface area (Å²) in [6, 6.07) is 9.84. The van der Waals surface area contributed by atoms with Crippen LogP contribution in [0.15, 0.2) is 49.1 Å². The zero-order valence-corrected chi connectivity index (χ0v) is 12.4. The molecule has 2 N–H and O–H groups in total. The number of nitrogens with one attached hydrogen (secondary N) is 2. The summed E-state index contributed by atoms with van der Waals surface area (Å²) in [5.74, 6) is 2.12. The van der Waals surface area contributed by atoms with Crippen molar-refractivity contribution < 1.29 is 0 Å². The first-order valence-corrected chi connectivity index (χ1v) is 7.11. The van der Waals surface area contributed by atoms with E-state index in [0.717, 1.165) is 22.6 Å². The van der Waals surface area contributed by atoms with Gasteiger partial charge in [0.05, 0.1) is 18.1 Å². The number of nitrogens with zero attached hydrogens (tertiary/aromatic N) is 5. The summed E-state index contributed by atoms with van der Waals surface area (Å²) in [6.07, 6.45) is 4.93. The average Bonchev–Trinajstić information content (AvgIpc) is 2.98. The number of hydrogen-bond donors (Lipinski definition) is 2. The number of hydrogen-bond acceptors (Lipinski definition) is 6. The predicted molar refractivity (Wildman–Crippen MR) is 87.2 cm³/mol. The van der Waals surface area contributed by atoms with Crippen molar-refractivity contribution >= 4 is 22.7 Å². The fourth-order valence-corrected chi connectivity index (χ4v) is 2.30. The average molecular weight is 303 g/mol. The highest BCUT2D eigenvalue weighted by Gasteiger charge is 2.08. The maximum Gasteiger partial charge on any atom is 0.183 e. The summed E-state index contributed by atoms with van der Waals surface area (Å²) >= 11 is 0. The third-order valence-corrected chi connectivity index (χ3v) is 3.35. The Morgan fingerprint density at radius 2 is 1.74 bits per heavy atom. The summed E-state index contributed by atoms with van der Waals surface area (Å²) in [7, 11) is 0. The second kappa shape index (κ2) is 5.45. The zero-order valence-electron chi connectivity index (χ0n) is 12.4. The molecule has 3 aromatic heterocycles. The summed E-state index contributed by atoms with van der Waals surface area (Å²) in [4.78, 5) is 24.6. The Kier molecular flexibility index (Phi) is 3.16. The molecule has 0 aliphatic carbocycles. The molecule has 0 atom stereocenters. The summed E-state index contributed by atoms with van der Waals surface area (Å²) in [6.45, 7) is 1.88. The summed E-state index contributed by atoms with van der Waals surface area (Å²) in [5.41, 5.74) is 3.11. The number of imidazole rings is 1. The second-order valence-corrected chi connectivity index (χ2v) is 5.03. The van der Waals surface area contributed by atoms with Crippen molar-refractivity contribution in [3.8, 4) is 11.4 Å². The van der Waals surface area contributed by atoms with Crippen LogP contribution in [-0.2, 0) is 0 Å². The van der Waals surface area contributed by atoms with Crippen molar-refractivity contribution in [1.29, 1.82) is 0 Å². The van der Waals surface area contributed by atoms with Gasteiger partial charge in [0.15, 0.2) is 17.3 Å². The number of aromatic nitrogens is 6. The lowest BCUT2D eigenvalue weighted by atomic mass is 10.2. The molecule has 23 heavy (non-hydrogen) atoms. The van der Waals surface area contributed by atoms with Crippen LogP contribution < -0.4 is 5.32 Å². The first-order chi connectivity index (χ1) is 11.3. The first kappa shape index (κ1) is 13.3. The predicted octanol–water partition coefficient (Wildman–Crippen LogP) is 2.86. The van der Waals surface area contributed by atoms with Gasteiger partial charge in [-0.25, -0.2) is 24.9 Å². The maximum absolute atomic E-state index is 4.39. The van der Waals surface area contributed by atoms with E-state index in [1.807, 2.05) is 37.3 Å². The summed E-state index contributed by atoms with van der Waals surface area (Å²) in [5, 5.41) is 3.19. The molecule has 3 heterocycles. The van der Waals surface area contributed by atoms with Crippen molar-refractivity contribution in [1.82, 2.24) is 29.9 Å². The van der Waals surface area contributed by atoms with Gasteiger partial charge in [-0.2, -0.15) is 0 Å². The van der Waals surface area contributed by atoms with Crippen LogP contribution in [0.2, 0.25) is 0 Å². The molecule has 0 radical (unpaired) electrons. The van der Waals surface area contributed by atoms with Crippen molar-refractivity contribution in [2.45, 2.75) is 6.92 Å². The van der Waals surface area contributed by atoms with E-state index in [2.05, 4.69) is 35.2 Å². The molecule has 0 spiro atoms. The van der Waals surface area contributed by atoms with Crippen molar-refractivity contribution in [3.63, 3.8) is 0 Å². The van der Waals surface area contributed by atoms with Gasteiger partial charge in [0.25, 0.3) is 0 Å². The Hall–Kier alpha value is -3.35. The second-order valence-electron chi connectivity index (χ2n) is 5.03. The van der Waals surface area contributed by atoms with Gasteiger partial charge in [-0.15, -0.1) is 0 Å². The van der Waals surface area contributed by atoms with Crippen LogP contribution in [0.3, 0.4) is 0 Å². The molecule has 7 heteroatoms. The third kappa shape index (κ3) is 2.59. The van der Waals surface area contributed by atoms with Gasteiger partial charge < -0.3 is 10.3 Å². The highest BCUT2D eigenvalue weighted by molar-refractivity contribution is 5.84. The van der Waals surface area contributed by atoms with Gasteiger partial charge >= 0.3 is 0 Å². The molecule has 112 valence electrons. The van der Waals surface area contributed by atoms with E-state index in [-0.39, 0.29) is 0 Å². The van der Waals surface area contributed by atoms with E-state index in [1.165, 1.54) is 6.33 Å². The Morgan fingerprint density at radius 1 is 0.957 bits per heavy atom. The monoisotopic (exact) mass is 303 g/mol. The molecular formula is C16H13N7. The Balaban J connectivity index is 1.64. The SMILES string of the molecule is Cc1nc2ncnc(Nc3cnc(-c4ccccc4)nc3)c2[nH]1. The van der Waals surface area contributed by atoms with E-state index in [1.54, 1.807) is 12.4 Å². The van der Waals surface area contributed by atoms with Crippen molar-refractivity contribution in [2.24, 2.45) is 0 Å². The lowest BCUT2D eigenvalue weighted by Gasteiger charge is -2.06. The molecule has 0 unspecified atom stereocenters. The fourth-order valence-electron chi connectivity index (χ4n) is 2.30. The van der Waals surface area contributed by atoms with Gasteiger partial charge in [-0.05, 0) is 6.92 Å². The molecule has 4 rings (SSSR count). The van der Waals surface area contributed by atoms with E-state index in [9.17, 15) is 0 Å². The van der Waals surface area contributed by atoms with E-state index >= 15 is 0 Å². The van der Waals surface area contributed by atoms with Crippen LogP contribution >= 0.6 is 0 Å². The molecular weight excluding hydrogens is 290 g/mol. The largest absolute Gasteiger partial charge is 0.338 e. The van der Waals surface area contributed by atoms with Gasteiger partial charge in [-0.1, -0.05) is 30.3 Å². The minimum atomic E-state index is 0.627. The Labute approximate surface area is 131 Å². The van der Waals surface area contributed by atoms with Crippen molar-refractivity contribution in [2.75, 3.05) is 5.32 Å². The highest BCUT2D eigenvalue weighted by Crippen LogP contribution is 2.21. The van der Waals surface area contributed by atoms with Crippen LogP contribution in [0.4, 0.5) is 11.5 Å². The lowest BCUT2D eigenvalue weighted by Crippen LogP contribution is -1.98. The smallest absolute Gasteiger partial charge is 0.183 e. The molecule has 0 saturated carbocycles. The van der Waals surface area contributed by atoms with Crippen LogP contribution in [0, 0.1) is 6.92 Å². The van der Waals surface area contributed by atoms with Crippen LogP contribution in [0.5, 0.6) is 0 Å². The summed E-state index contributed by atoms with van der Waals surface area (Å²) < 4.78 is 0. The number of rotatable bonds is 3. The topological polar surface area (TPSA) is 92.3 Å². The zero-order chi connectivity index (χ0) is 15.6. The quantitative estimate of drug-likeness (QED) is 0.604. The third-order valence-electron chi connectivity index (χ3n) is 3.35. The molecule has 7 nitrogen and oxygen atoms in total. The van der Waals surface area contributed by atoms with E-state index in [0.29, 0.717) is 17.3 Å². The number of aromatic amines is 1. The number of anilines is 2. The van der Waals surface area contributed by atoms with Gasteiger partial charge in [0, 0.05) is 5.56 Å². The van der Waals surface area contributed by atoms with E-state index < -0.39 is 0 Å². The minimum absolute atomic E-state index is 0.627. The number of fused-ring (bicyclic) bond motifs is 1. The Bertz CT molecular complexity index is 945. The van der Waals surface area contributed by atoms with Crippen LogP contribution in [0.1, 0.15) is 5.82 Å². The van der Waals surface area contributed by atoms with Gasteiger partial charge in [0.1, 0.15) is 17.7 Å². The van der Waals surface area contributed by atoms with Gasteiger partial charge in [-0.3, -0.25) is 0 Å². The molecule has 1 aromatic carbocycles. The lowest BCUT2D eigenvalue weighted by molar-refractivity contribution is 1.15. The molecule has 0 aliphatic heterocycles. The molecule has 0 aliphatic rings. The van der Waals surface area contributed by atoms with Crippen molar-refractivity contribution in [3.05, 3.63) is 54.9 Å². The maximum atomic E-state index is 4.39. The highest BCUT2D eigenvalue weighted by atomic mass is 15.1.